The molecule has 3 nitrogen and oxygen atoms in total. The van der Waals surface area contributed by atoms with Crippen LogP contribution in [-0.2, 0) is 0 Å². The van der Waals surface area contributed by atoms with Crippen LogP contribution in [0.5, 0.6) is 11.5 Å². The fourth-order valence-corrected chi connectivity index (χ4v) is 2.33. The third-order valence-corrected chi connectivity index (χ3v) is 3.57. The molecule has 0 aliphatic carbocycles. The van der Waals surface area contributed by atoms with Crippen molar-refractivity contribution in [1.82, 2.24) is 5.32 Å². The number of hydrogen-bond acceptors (Lipinski definition) is 3. The molecule has 2 aromatic rings. The maximum atomic E-state index is 13.3. The van der Waals surface area contributed by atoms with Crippen LogP contribution in [0, 0.1) is 5.82 Å². The predicted octanol–water partition coefficient (Wildman–Crippen LogP) is 3.95. The molecule has 0 aliphatic rings. The Morgan fingerprint density at radius 1 is 1.05 bits per heavy atom. The number of rotatable bonds is 5. The lowest BCUT2D eigenvalue weighted by atomic mass is 10.0. The van der Waals surface area contributed by atoms with Crippen LogP contribution in [0.1, 0.15) is 37.1 Å². The summed E-state index contributed by atoms with van der Waals surface area (Å²) in [5, 5.41) is 13.2. The van der Waals surface area contributed by atoms with E-state index in [0.29, 0.717) is 5.56 Å². The van der Waals surface area contributed by atoms with E-state index in [1.165, 1.54) is 18.2 Å². The van der Waals surface area contributed by atoms with Gasteiger partial charge in [0.15, 0.2) is 0 Å². The standard InChI is InChI=1S/C17H20FNO2/c1-11(13-4-7-15(21-3)8-5-13)19-12(2)16-10-14(18)6-9-17(16)20/h4-12,19-20H,1-3H3/t11-,12?/m0/s1. The molecule has 0 amide bonds. The zero-order valence-corrected chi connectivity index (χ0v) is 12.4. The number of methoxy groups -OCH3 is 1. The average Bonchev–Trinajstić information content (AvgIpc) is 2.49. The van der Waals surface area contributed by atoms with E-state index in [4.69, 9.17) is 4.74 Å². The van der Waals surface area contributed by atoms with Crippen molar-refractivity contribution in [2.75, 3.05) is 7.11 Å². The summed E-state index contributed by atoms with van der Waals surface area (Å²) in [5.74, 6) is 0.550. The Balaban J connectivity index is 2.10. The van der Waals surface area contributed by atoms with Gasteiger partial charge in [-0.05, 0) is 49.7 Å². The van der Waals surface area contributed by atoms with Crippen LogP contribution in [0.2, 0.25) is 0 Å². The normalized spacial score (nSPS) is 13.7. The lowest BCUT2D eigenvalue weighted by molar-refractivity contribution is 0.413. The van der Waals surface area contributed by atoms with E-state index in [1.54, 1.807) is 7.11 Å². The first-order valence-corrected chi connectivity index (χ1v) is 6.89. The molecule has 0 saturated heterocycles. The van der Waals surface area contributed by atoms with Gasteiger partial charge in [-0.2, -0.15) is 0 Å². The van der Waals surface area contributed by atoms with Gasteiger partial charge < -0.3 is 15.2 Å². The first-order chi connectivity index (χ1) is 10.0. The highest BCUT2D eigenvalue weighted by molar-refractivity contribution is 5.35. The molecule has 2 rings (SSSR count). The summed E-state index contributed by atoms with van der Waals surface area (Å²) in [6, 6.07) is 11.6. The summed E-state index contributed by atoms with van der Waals surface area (Å²) in [6.45, 7) is 3.92. The molecule has 0 aromatic heterocycles. The molecular weight excluding hydrogens is 269 g/mol. The summed E-state index contributed by atoms with van der Waals surface area (Å²) in [5.41, 5.74) is 1.65. The van der Waals surface area contributed by atoms with Crippen LogP contribution in [0.3, 0.4) is 0 Å². The minimum atomic E-state index is -0.353. The van der Waals surface area contributed by atoms with Gasteiger partial charge >= 0.3 is 0 Å². The van der Waals surface area contributed by atoms with Crippen LogP contribution in [0.4, 0.5) is 4.39 Å². The summed E-state index contributed by atoms with van der Waals surface area (Å²) in [7, 11) is 1.63. The Labute approximate surface area is 124 Å². The second-order valence-electron chi connectivity index (χ2n) is 5.09. The third-order valence-electron chi connectivity index (χ3n) is 3.57. The van der Waals surface area contributed by atoms with E-state index in [1.807, 2.05) is 38.1 Å². The Kier molecular flexibility index (Phi) is 4.81. The van der Waals surface area contributed by atoms with E-state index in [0.717, 1.165) is 11.3 Å². The Morgan fingerprint density at radius 3 is 2.33 bits per heavy atom. The van der Waals surface area contributed by atoms with Gasteiger partial charge in [-0.1, -0.05) is 12.1 Å². The molecule has 2 N–H and O–H groups in total. The van der Waals surface area contributed by atoms with E-state index < -0.39 is 0 Å². The molecule has 4 heteroatoms. The van der Waals surface area contributed by atoms with Gasteiger partial charge in [-0.3, -0.25) is 0 Å². The van der Waals surface area contributed by atoms with Crippen molar-refractivity contribution in [3.05, 3.63) is 59.4 Å². The summed E-state index contributed by atoms with van der Waals surface area (Å²) >= 11 is 0. The van der Waals surface area contributed by atoms with Crippen molar-refractivity contribution in [2.45, 2.75) is 25.9 Å². The monoisotopic (exact) mass is 289 g/mol. The lowest BCUT2D eigenvalue weighted by Gasteiger charge is -2.21. The van der Waals surface area contributed by atoms with E-state index in [2.05, 4.69) is 5.32 Å². The molecule has 1 unspecified atom stereocenters. The molecule has 0 radical (unpaired) electrons. The highest BCUT2D eigenvalue weighted by Gasteiger charge is 2.15. The minimum Gasteiger partial charge on any atom is -0.508 e. The zero-order valence-electron chi connectivity index (χ0n) is 12.4. The van der Waals surface area contributed by atoms with E-state index in [9.17, 15) is 9.50 Å². The van der Waals surface area contributed by atoms with Gasteiger partial charge in [-0.15, -0.1) is 0 Å². The van der Waals surface area contributed by atoms with Gasteiger partial charge in [0.25, 0.3) is 0 Å². The van der Waals surface area contributed by atoms with Crippen LogP contribution in [0.25, 0.3) is 0 Å². The lowest BCUT2D eigenvalue weighted by Crippen LogP contribution is -2.22. The molecule has 0 aliphatic heterocycles. The zero-order chi connectivity index (χ0) is 15.4. The number of halogens is 1. The Morgan fingerprint density at radius 2 is 1.71 bits per heavy atom. The molecule has 112 valence electrons. The second kappa shape index (κ2) is 6.59. The van der Waals surface area contributed by atoms with Crippen molar-refractivity contribution < 1.29 is 14.2 Å². The molecule has 0 fully saturated rings. The molecular formula is C17H20FNO2. The number of nitrogens with one attached hydrogen (secondary N) is 1. The van der Waals surface area contributed by atoms with Crippen molar-refractivity contribution in [2.24, 2.45) is 0 Å². The van der Waals surface area contributed by atoms with Gasteiger partial charge in [0.05, 0.1) is 7.11 Å². The summed E-state index contributed by atoms with van der Waals surface area (Å²) in [4.78, 5) is 0. The maximum absolute atomic E-state index is 13.3. The van der Waals surface area contributed by atoms with Crippen LogP contribution < -0.4 is 10.1 Å². The fraction of sp³-hybridized carbons (Fsp3) is 0.294. The van der Waals surface area contributed by atoms with Gasteiger partial charge in [0, 0.05) is 17.6 Å². The largest absolute Gasteiger partial charge is 0.508 e. The van der Waals surface area contributed by atoms with Gasteiger partial charge in [-0.25, -0.2) is 4.39 Å². The number of benzene rings is 2. The summed E-state index contributed by atoms with van der Waals surface area (Å²) in [6.07, 6.45) is 0. The molecule has 0 heterocycles. The van der Waals surface area contributed by atoms with E-state index >= 15 is 0 Å². The number of ether oxygens (including phenoxy) is 1. The minimum absolute atomic E-state index is 0.0635. The van der Waals surface area contributed by atoms with Crippen molar-refractivity contribution in [3.63, 3.8) is 0 Å². The molecule has 2 atom stereocenters. The quantitative estimate of drug-likeness (QED) is 0.875. The molecule has 2 aromatic carbocycles. The maximum Gasteiger partial charge on any atom is 0.123 e. The van der Waals surface area contributed by atoms with Crippen LogP contribution in [-0.4, -0.2) is 12.2 Å². The second-order valence-corrected chi connectivity index (χ2v) is 5.09. The van der Waals surface area contributed by atoms with E-state index in [-0.39, 0.29) is 23.7 Å². The van der Waals surface area contributed by atoms with Crippen molar-refractivity contribution in [3.8, 4) is 11.5 Å². The molecule has 0 bridgehead atoms. The molecule has 0 saturated carbocycles. The number of aromatic hydroxyl groups is 1. The third kappa shape index (κ3) is 3.73. The highest BCUT2D eigenvalue weighted by atomic mass is 19.1. The van der Waals surface area contributed by atoms with Crippen molar-refractivity contribution >= 4 is 0 Å². The molecule has 0 spiro atoms. The Hall–Kier alpha value is -2.07. The fourth-order valence-electron chi connectivity index (χ4n) is 2.33. The van der Waals surface area contributed by atoms with Crippen LogP contribution >= 0.6 is 0 Å². The first-order valence-electron chi connectivity index (χ1n) is 6.89. The van der Waals surface area contributed by atoms with Gasteiger partial charge in [0.2, 0.25) is 0 Å². The van der Waals surface area contributed by atoms with Gasteiger partial charge in [0.1, 0.15) is 17.3 Å². The number of phenols is 1. The first kappa shape index (κ1) is 15.3. The smallest absolute Gasteiger partial charge is 0.123 e. The highest BCUT2D eigenvalue weighted by Crippen LogP contribution is 2.27. The molecule has 21 heavy (non-hydrogen) atoms. The topological polar surface area (TPSA) is 41.5 Å². The van der Waals surface area contributed by atoms with Crippen LogP contribution in [0.15, 0.2) is 42.5 Å². The number of hydrogen-bond donors (Lipinski definition) is 2. The Bertz CT molecular complexity index is 598. The van der Waals surface area contributed by atoms with Crippen molar-refractivity contribution in [1.29, 1.82) is 0 Å². The number of phenolic OH excluding ortho intramolecular Hbond substituents is 1. The SMILES string of the molecule is COc1ccc([C@H](C)NC(C)c2cc(F)ccc2O)cc1. The average molecular weight is 289 g/mol. The predicted molar refractivity (Wildman–Crippen MR) is 81.0 cm³/mol. The summed E-state index contributed by atoms with van der Waals surface area (Å²) < 4.78 is 18.4.